The quantitative estimate of drug-likeness (QED) is 0.288. The largest absolute Gasteiger partial charge is 0.494 e. The van der Waals surface area contributed by atoms with Crippen LogP contribution in [0.3, 0.4) is 0 Å². The molecule has 0 atom stereocenters. The van der Waals surface area contributed by atoms with E-state index >= 15 is 0 Å². The molecular weight excluding hydrogens is 477 g/mol. The minimum atomic E-state index is -0.270. The summed E-state index contributed by atoms with van der Waals surface area (Å²) in [5.74, 6) is 1.05. The average Bonchev–Trinajstić information content (AvgIpc) is 2.90. The number of hydrogen-bond acceptors (Lipinski definition) is 3. The van der Waals surface area contributed by atoms with Gasteiger partial charge in [0.2, 0.25) is 0 Å². The Morgan fingerprint density at radius 3 is 2.08 bits per heavy atom. The van der Waals surface area contributed by atoms with E-state index in [0.29, 0.717) is 31.1 Å². The van der Waals surface area contributed by atoms with E-state index in [0.717, 1.165) is 46.4 Å². The highest BCUT2D eigenvalue weighted by molar-refractivity contribution is 5.95. The standard InChI is InChI=1S/C28H32FNO3.C3H8.C2H6/c1-5-11-32-25-8-9-26(20(4)15-25)28(31)30-18-23-16-21(7-10-27(23)33-12-6-2)22-13-19(3)14-24(29)17-22;1-3-2;1-2/h7-10,13-17H,5-6,11-12,18H2,1-4H3,(H,30,31);3H2,1-2H3;1-2H3. The third-order valence-corrected chi connectivity index (χ3v) is 5.25. The van der Waals surface area contributed by atoms with Gasteiger partial charge in [0.1, 0.15) is 17.3 Å². The van der Waals surface area contributed by atoms with E-state index in [-0.39, 0.29) is 11.7 Å². The predicted octanol–water partition coefficient (Wildman–Crippen LogP) is 9.06. The summed E-state index contributed by atoms with van der Waals surface area (Å²) in [5.41, 5.74) is 4.82. The first-order valence-corrected chi connectivity index (χ1v) is 13.9. The fourth-order valence-electron chi connectivity index (χ4n) is 3.62. The predicted molar refractivity (Wildman–Crippen MR) is 158 cm³/mol. The summed E-state index contributed by atoms with van der Waals surface area (Å²) in [6.07, 6.45) is 3.06. The molecule has 1 amide bonds. The maximum absolute atomic E-state index is 13.9. The Bertz CT molecular complexity index is 1110. The lowest BCUT2D eigenvalue weighted by atomic mass is 10.0. The van der Waals surface area contributed by atoms with Crippen LogP contribution in [0.4, 0.5) is 4.39 Å². The molecule has 1 N–H and O–H groups in total. The van der Waals surface area contributed by atoms with Gasteiger partial charge in [0.25, 0.3) is 5.91 Å². The first-order valence-electron chi connectivity index (χ1n) is 13.9. The van der Waals surface area contributed by atoms with Gasteiger partial charge in [-0.15, -0.1) is 0 Å². The highest BCUT2D eigenvalue weighted by Gasteiger charge is 2.13. The third kappa shape index (κ3) is 10.6. The van der Waals surface area contributed by atoms with Crippen molar-refractivity contribution in [1.29, 1.82) is 0 Å². The first-order chi connectivity index (χ1) is 18.3. The van der Waals surface area contributed by atoms with Crippen molar-refractivity contribution >= 4 is 5.91 Å². The van der Waals surface area contributed by atoms with E-state index in [1.54, 1.807) is 6.07 Å². The molecule has 0 aliphatic rings. The smallest absolute Gasteiger partial charge is 0.251 e. The van der Waals surface area contributed by atoms with Crippen LogP contribution in [-0.4, -0.2) is 19.1 Å². The van der Waals surface area contributed by atoms with Crippen molar-refractivity contribution in [2.75, 3.05) is 13.2 Å². The molecule has 3 rings (SSSR count). The minimum Gasteiger partial charge on any atom is -0.494 e. The van der Waals surface area contributed by atoms with Gasteiger partial charge < -0.3 is 14.8 Å². The van der Waals surface area contributed by atoms with Crippen molar-refractivity contribution in [3.63, 3.8) is 0 Å². The summed E-state index contributed by atoms with van der Waals surface area (Å²) < 4.78 is 25.5. The summed E-state index contributed by atoms with van der Waals surface area (Å²) in [4.78, 5) is 12.9. The number of rotatable bonds is 10. The Hall–Kier alpha value is -3.34. The number of carbonyl (C=O) groups is 1. The maximum atomic E-state index is 13.9. The highest BCUT2D eigenvalue weighted by Crippen LogP contribution is 2.28. The Morgan fingerprint density at radius 1 is 0.816 bits per heavy atom. The molecule has 0 aliphatic heterocycles. The number of hydrogen-bond donors (Lipinski definition) is 1. The van der Waals surface area contributed by atoms with Crippen molar-refractivity contribution < 1.29 is 18.7 Å². The van der Waals surface area contributed by atoms with Gasteiger partial charge in [-0.05, 0) is 91.4 Å². The molecule has 0 spiro atoms. The molecule has 3 aromatic rings. The van der Waals surface area contributed by atoms with Crippen LogP contribution >= 0.6 is 0 Å². The Kier molecular flexibility index (Phi) is 15.5. The van der Waals surface area contributed by atoms with Crippen molar-refractivity contribution in [2.45, 2.75) is 81.2 Å². The average molecular weight is 524 g/mol. The highest BCUT2D eigenvalue weighted by atomic mass is 19.1. The van der Waals surface area contributed by atoms with E-state index in [4.69, 9.17) is 9.47 Å². The lowest BCUT2D eigenvalue weighted by Gasteiger charge is -2.15. The van der Waals surface area contributed by atoms with Gasteiger partial charge in [-0.25, -0.2) is 4.39 Å². The number of amides is 1. The van der Waals surface area contributed by atoms with Crippen LogP contribution in [0.25, 0.3) is 11.1 Å². The van der Waals surface area contributed by atoms with E-state index in [9.17, 15) is 9.18 Å². The summed E-state index contributed by atoms with van der Waals surface area (Å²) in [6.45, 7) is 17.6. The number of halogens is 1. The van der Waals surface area contributed by atoms with Gasteiger partial charge in [0, 0.05) is 17.7 Å². The van der Waals surface area contributed by atoms with Gasteiger partial charge in [-0.2, -0.15) is 0 Å². The molecule has 38 heavy (non-hydrogen) atoms. The molecular formula is C33H46FNO3. The van der Waals surface area contributed by atoms with E-state index in [1.807, 2.05) is 71.0 Å². The second kappa shape index (κ2) is 18.0. The van der Waals surface area contributed by atoms with Crippen LogP contribution in [0, 0.1) is 19.7 Å². The van der Waals surface area contributed by atoms with Crippen molar-refractivity contribution in [1.82, 2.24) is 5.32 Å². The molecule has 0 bridgehead atoms. The summed E-state index contributed by atoms with van der Waals surface area (Å²) >= 11 is 0. The zero-order chi connectivity index (χ0) is 28.5. The molecule has 0 aromatic heterocycles. The van der Waals surface area contributed by atoms with Crippen LogP contribution < -0.4 is 14.8 Å². The lowest BCUT2D eigenvalue weighted by molar-refractivity contribution is 0.0950. The van der Waals surface area contributed by atoms with Crippen LogP contribution in [0.2, 0.25) is 0 Å². The fraction of sp³-hybridized carbons (Fsp3) is 0.424. The molecule has 3 aromatic carbocycles. The van der Waals surface area contributed by atoms with Crippen LogP contribution in [0.1, 0.15) is 87.9 Å². The normalized spacial score (nSPS) is 9.92. The topological polar surface area (TPSA) is 47.6 Å². The summed E-state index contributed by atoms with van der Waals surface area (Å²) in [6, 6.07) is 16.2. The molecule has 0 heterocycles. The Balaban J connectivity index is 0.00000135. The third-order valence-electron chi connectivity index (χ3n) is 5.25. The number of benzene rings is 3. The van der Waals surface area contributed by atoms with Gasteiger partial charge in [0.15, 0.2) is 0 Å². The van der Waals surface area contributed by atoms with Gasteiger partial charge in [0.05, 0.1) is 13.2 Å². The molecule has 4 nitrogen and oxygen atoms in total. The molecule has 0 radical (unpaired) electrons. The zero-order valence-corrected chi connectivity index (χ0v) is 24.5. The zero-order valence-electron chi connectivity index (χ0n) is 24.5. The van der Waals surface area contributed by atoms with Gasteiger partial charge in [-0.1, -0.05) is 60.1 Å². The monoisotopic (exact) mass is 523 g/mol. The summed E-state index contributed by atoms with van der Waals surface area (Å²) in [7, 11) is 0. The summed E-state index contributed by atoms with van der Waals surface area (Å²) in [5, 5.41) is 3.00. The number of nitrogens with one attached hydrogen (secondary N) is 1. The second-order valence-electron chi connectivity index (χ2n) is 8.90. The Morgan fingerprint density at radius 2 is 1.47 bits per heavy atom. The van der Waals surface area contributed by atoms with E-state index < -0.39 is 0 Å². The maximum Gasteiger partial charge on any atom is 0.251 e. The van der Waals surface area contributed by atoms with Crippen LogP contribution in [-0.2, 0) is 6.54 Å². The van der Waals surface area contributed by atoms with Crippen LogP contribution in [0.15, 0.2) is 54.6 Å². The Labute approximate surface area is 229 Å². The van der Waals surface area contributed by atoms with Crippen molar-refractivity contribution in [3.8, 4) is 22.6 Å². The van der Waals surface area contributed by atoms with E-state index in [1.165, 1.54) is 18.6 Å². The first kappa shape index (κ1) is 32.7. The molecule has 0 saturated carbocycles. The fourth-order valence-corrected chi connectivity index (χ4v) is 3.62. The SMILES string of the molecule is CC.CCC.CCCOc1ccc(C(=O)NCc2cc(-c3cc(C)cc(F)c3)ccc2OCCC)c(C)c1. The van der Waals surface area contributed by atoms with Crippen LogP contribution in [0.5, 0.6) is 11.5 Å². The number of aryl methyl sites for hydroxylation is 2. The van der Waals surface area contributed by atoms with Gasteiger partial charge >= 0.3 is 0 Å². The van der Waals surface area contributed by atoms with Crippen molar-refractivity contribution in [2.24, 2.45) is 0 Å². The van der Waals surface area contributed by atoms with Gasteiger partial charge in [-0.3, -0.25) is 4.79 Å². The molecule has 208 valence electrons. The minimum absolute atomic E-state index is 0.164. The molecule has 0 saturated heterocycles. The van der Waals surface area contributed by atoms with Crippen molar-refractivity contribution in [3.05, 3.63) is 82.7 Å². The molecule has 0 unspecified atom stereocenters. The molecule has 0 aliphatic carbocycles. The molecule has 5 heteroatoms. The lowest BCUT2D eigenvalue weighted by Crippen LogP contribution is -2.24. The second-order valence-corrected chi connectivity index (χ2v) is 8.90. The number of ether oxygens (including phenoxy) is 2. The van der Waals surface area contributed by atoms with E-state index in [2.05, 4.69) is 26.1 Å². The molecule has 0 fully saturated rings. The number of carbonyl (C=O) groups excluding carboxylic acids is 1.